The molecule has 0 aliphatic rings. The number of halogens is 1. The number of fused-ring (bicyclic) bond motifs is 1. The van der Waals surface area contributed by atoms with Crippen LogP contribution in [0, 0.1) is 5.82 Å². The van der Waals surface area contributed by atoms with Crippen LogP contribution in [0.1, 0.15) is 27.8 Å². The van der Waals surface area contributed by atoms with Crippen molar-refractivity contribution >= 4 is 28.3 Å². The molecule has 0 radical (unpaired) electrons. The molecule has 3 aromatic rings. The first-order chi connectivity index (χ1) is 12.1. The summed E-state index contributed by atoms with van der Waals surface area (Å²) in [4.78, 5) is 27.3. The van der Waals surface area contributed by atoms with Gasteiger partial charge in [-0.05, 0) is 25.1 Å². The van der Waals surface area contributed by atoms with Crippen LogP contribution in [0.2, 0.25) is 0 Å². The van der Waals surface area contributed by atoms with E-state index >= 15 is 0 Å². The number of anilines is 1. The third kappa shape index (κ3) is 3.52. The average Bonchev–Trinajstić information content (AvgIpc) is 2.98. The van der Waals surface area contributed by atoms with Crippen LogP contribution in [0.15, 0.2) is 48.5 Å². The summed E-state index contributed by atoms with van der Waals surface area (Å²) in [5, 5.41) is 3.61. The van der Waals surface area contributed by atoms with Gasteiger partial charge < -0.3 is 15.0 Å². The van der Waals surface area contributed by atoms with E-state index in [-0.39, 0.29) is 24.6 Å². The van der Waals surface area contributed by atoms with Crippen molar-refractivity contribution in [2.75, 3.05) is 18.5 Å². The summed E-state index contributed by atoms with van der Waals surface area (Å²) < 4.78 is 18.5. The second-order valence-electron chi connectivity index (χ2n) is 5.43. The van der Waals surface area contributed by atoms with Gasteiger partial charge in [0.1, 0.15) is 11.5 Å². The van der Waals surface area contributed by atoms with Crippen LogP contribution in [0.3, 0.4) is 0 Å². The molecule has 6 heteroatoms. The van der Waals surface area contributed by atoms with Crippen molar-refractivity contribution in [3.05, 3.63) is 65.6 Å². The van der Waals surface area contributed by atoms with Gasteiger partial charge in [0.05, 0.1) is 24.4 Å². The van der Waals surface area contributed by atoms with E-state index in [1.54, 1.807) is 37.3 Å². The largest absolute Gasteiger partial charge is 0.461 e. The number of aromatic nitrogens is 1. The summed E-state index contributed by atoms with van der Waals surface area (Å²) in [5.41, 5.74) is 1.62. The molecule has 128 valence electrons. The molecule has 0 aliphatic heterocycles. The first-order valence-electron chi connectivity index (χ1n) is 7.90. The normalized spacial score (nSPS) is 10.6. The van der Waals surface area contributed by atoms with E-state index in [2.05, 4.69) is 10.3 Å². The van der Waals surface area contributed by atoms with E-state index < -0.39 is 11.8 Å². The number of nitrogens with one attached hydrogen (secondary N) is 2. The minimum Gasteiger partial charge on any atom is -0.461 e. The first kappa shape index (κ1) is 16.7. The zero-order valence-electron chi connectivity index (χ0n) is 13.6. The maximum absolute atomic E-state index is 13.5. The van der Waals surface area contributed by atoms with Gasteiger partial charge in [-0.15, -0.1) is 0 Å². The Balaban J connectivity index is 1.92. The maximum Gasteiger partial charge on any atom is 0.356 e. The Morgan fingerprint density at radius 1 is 1.16 bits per heavy atom. The van der Waals surface area contributed by atoms with E-state index in [9.17, 15) is 14.0 Å². The second kappa shape index (κ2) is 7.17. The minimum atomic E-state index is -0.561. The van der Waals surface area contributed by atoms with Crippen LogP contribution in [-0.4, -0.2) is 29.9 Å². The summed E-state index contributed by atoms with van der Waals surface area (Å²) in [7, 11) is 0. The number of hydrogen-bond acceptors (Lipinski definition) is 4. The maximum atomic E-state index is 13.5. The van der Waals surface area contributed by atoms with Gasteiger partial charge in [-0.2, -0.15) is 0 Å². The highest BCUT2D eigenvalue weighted by Crippen LogP contribution is 2.29. The van der Waals surface area contributed by atoms with Crippen LogP contribution in [0.5, 0.6) is 0 Å². The number of ether oxygens (including phenoxy) is 1. The van der Waals surface area contributed by atoms with E-state index in [1.165, 1.54) is 12.1 Å². The molecule has 0 bridgehead atoms. The van der Waals surface area contributed by atoms with E-state index in [1.807, 2.05) is 6.07 Å². The lowest BCUT2D eigenvalue weighted by atomic mass is 10.1. The van der Waals surface area contributed by atoms with Gasteiger partial charge in [-0.25, -0.2) is 9.18 Å². The van der Waals surface area contributed by atoms with Gasteiger partial charge in [-0.3, -0.25) is 4.79 Å². The van der Waals surface area contributed by atoms with Gasteiger partial charge >= 0.3 is 5.97 Å². The molecule has 2 N–H and O–H groups in total. The van der Waals surface area contributed by atoms with Crippen molar-refractivity contribution in [2.45, 2.75) is 6.92 Å². The zero-order valence-corrected chi connectivity index (χ0v) is 13.6. The fraction of sp³-hybridized carbons (Fsp3) is 0.158. The number of ketones is 1. The summed E-state index contributed by atoms with van der Waals surface area (Å²) in [6, 6.07) is 13.0. The first-order valence-corrected chi connectivity index (χ1v) is 7.90. The molecule has 0 atom stereocenters. The Bertz CT molecular complexity index is 919. The highest BCUT2D eigenvalue weighted by Gasteiger charge is 2.20. The van der Waals surface area contributed by atoms with Crippen LogP contribution in [0.25, 0.3) is 10.9 Å². The Labute approximate surface area is 143 Å². The molecule has 5 nitrogen and oxygen atoms in total. The van der Waals surface area contributed by atoms with Gasteiger partial charge in [0, 0.05) is 10.9 Å². The third-order valence-electron chi connectivity index (χ3n) is 3.76. The topological polar surface area (TPSA) is 71.2 Å². The number of aromatic amines is 1. The number of esters is 1. The average molecular weight is 340 g/mol. The fourth-order valence-electron chi connectivity index (χ4n) is 2.60. The molecule has 0 unspecified atom stereocenters. The number of rotatable bonds is 6. The lowest BCUT2D eigenvalue weighted by molar-refractivity contribution is 0.0521. The van der Waals surface area contributed by atoms with E-state index in [4.69, 9.17) is 4.74 Å². The Kier molecular flexibility index (Phi) is 4.79. The summed E-state index contributed by atoms with van der Waals surface area (Å²) in [5.74, 6) is -1.10. The molecule has 2 aromatic carbocycles. The number of benzene rings is 2. The van der Waals surface area contributed by atoms with Crippen LogP contribution in [-0.2, 0) is 4.74 Å². The SMILES string of the molecule is CCOC(=O)c1[nH]c2cc(F)ccc2c1NCC(=O)c1ccccc1. The Hall–Kier alpha value is -3.15. The molecule has 0 aliphatic carbocycles. The molecule has 1 aromatic heterocycles. The monoisotopic (exact) mass is 340 g/mol. The number of H-pyrrole nitrogens is 1. The quantitative estimate of drug-likeness (QED) is 0.529. The second-order valence-corrected chi connectivity index (χ2v) is 5.43. The van der Waals surface area contributed by atoms with Crippen molar-refractivity contribution in [3.8, 4) is 0 Å². The van der Waals surface area contributed by atoms with E-state index in [0.717, 1.165) is 0 Å². The molecule has 3 rings (SSSR count). The zero-order chi connectivity index (χ0) is 17.8. The molecule has 0 saturated heterocycles. The summed E-state index contributed by atoms with van der Waals surface area (Å²) in [6.45, 7) is 1.91. The molecule has 0 spiro atoms. The van der Waals surface area contributed by atoms with Crippen molar-refractivity contribution in [1.82, 2.24) is 4.98 Å². The molecular formula is C19H17FN2O3. The summed E-state index contributed by atoms with van der Waals surface area (Å²) >= 11 is 0. The fourth-order valence-corrected chi connectivity index (χ4v) is 2.60. The number of carbonyl (C=O) groups excluding carboxylic acids is 2. The third-order valence-corrected chi connectivity index (χ3v) is 3.76. The standard InChI is InChI=1S/C19H17FN2O3/c1-2-25-19(24)18-17(14-9-8-13(20)10-15(14)22-18)21-11-16(23)12-6-4-3-5-7-12/h3-10,21-22H,2,11H2,1H3. The molecule has 0 saturated carbocycles. The van der Waals surface area contributed by atoms with Crippen LogP contribution < -0.4 is 5.32 Å². The lowest BCUT2D eigenvalue weighted by Crippen LogP contribution is -2.16. The Morgan fingerprint density at radius 3 is 2.64 bits per heavy atom. The summed E-state index contributed by atoms with van der Waals surface area (Å²) in [6.07, 6.45) is 0. The van der Waals surface area contributed by atoms with Gasteiger partial charge in [-0.1, -0.05) is 30.3 Å². The smallest absolute Gasteiger partial charge is 0.356 e. The van der Waals surface area contributed by atoms with Gasteiger partial charge in [0.15, 0.2) is 5.78 Å². The van der Waals surface area contributed by atoms with E-state index in [0.29, 0.717) is 22.2 Å². The molecule has 25 heavy (non-hydrogen) atoms. The van der Waals surface area contributed by atoms with Crippen molar-refractivity contribution in [3.63, 3.8) is 0 Å². The highest BCUT2D eigenvalue weighted by molar-refractivity contribution is 6.08. The van der Waals surface area contributed by atoms with Gasteiger partial charge in [0.25, 0.3) is 0 Å². The van der Waals surface area contributed by atoms with Gasteiger partial charge in [0.2, 0.25) is 0 Å². The molecule has 1 heterocycles. The Morgan fingerprint density at radius 2 is 1.92 bits per heavy atom. The van der Waals surface area contributed by atoms with Crippen molar-refractivity contribution in [2.24, 2.45) is 0 Å². The number of hydrogen-bond donors (Lipinski definition) is 2. The number of carbonyl (C=O) groups is 2. The van der Waals surface area contributed by atoms with Crippen LogP contribution >= 0.6 is 0 Å². The molecule has 0 amide bonds. The number of Topliss-reactive ketones (excluding diaryl/α,β-unsaturated/α-hetero) is 1. The lowest BCUT2D eigenvalue weighted by Gasteiger charge is -2.08. The van der Waals surface area contributed by atoms with Crippen molar-refractivity contribution < 1.29 is 18.7 Å². The highest BCUT2D eigenvalue weighted by atomic mass is 19.1. The molecular weight excluding hydrogens is 323 g/mol. The predicted octanol–water partition coefficient (Wildman–Crippen LogP) is 3.78. The van der Waals surface area contributed by atoms with Crippen molar-refractivity contribution in [1.29, 1.82) is 0 Å². The molecule has 0 fully saturated rings. The van der Waals surface area contributed by atoms with Crippen LogP contribution in [0.4, 0.5) is 10.1 Å². The predicted molar refractivity (Wildman–Crippen MR) is 93.5 cm³/mol. The minimum absolute atomic E-state index is 0.000742.